The largest absolute Gasteiger partial charge is 0.425 e. The quantitative estimate of drug-likeness (QED) is 0.398. The number of esters is 1. The van der Waals surface area contributed by atoms with Crippen molar-refractivity contribution in [3.63, 3.8) is 0 Å². The van der Waals surface area contributed by atoms with Gasteiger partial charge in [-0.15, -0.1) is 0 Å². The molecule has 0 saturated heterocycles. The SMILES string of the molecule is O=COc1cc(OC=O)c(OC(=O)C2CCC2)cc1OC=O. The van der Waals surface area contributed by atoms with E-state index in [0.29, 0.717) is 0 Å². The average molecular weight is 308 g/mol. The van der Waals surface area contributed by atoms with Crippen LogP contribution in [0.1, 0.15) is 19.3 Å². The van der Waals surface area contributed by atoms with Crippen LogP contribution in [0.5, 0.6) is 23.0 Å². The van der Waals surface area contributed by atoms with Gasteiger partial charge in [-0.2, -0.15) is 0 Å². The first-order valence-electron chi connectivity index (χ1n) is 6.40. The summed E-state index contributed by atoms with van der Waals surface area (Å²) in [5.41, 5.74) is 0. The number of hydrogen-bond acceptors (Lipinski definition) is 8. The fourth-order valence-corrected chi connectivity index (χ4v) is 1.87. The second kappa shape index (κ2) is 7.21. The van der Waals surface area contributed by atoms with Crippen molar-refractivity contribution in [2.75, 3.05) is 0 Å². The number of carbonyl (C=O) groups excluding carboxylic acids is 4. The van der Waals surface area contributed by atoms with Crippen molar-refractivity contribution in [3.8, 4) is 23.0 Å². The lowest BCUT2D eigenvalue weighted by Crippen LogP contribution is -2.26. The van der Waals surface area contributed by atoms with Gasteiger partial charge in [0.25, 0.3) is 19.4 Å². The van der Waals surface area contributed by atoms with Crippen molar-refractivity contribution >= 4 is 25.4 Å². The minimum absolute atomic E-state index is 0.109. The van der Waals surface area contributed by atoms with E-state index in [1.807, 2.05) is 0 Å². The van der Waals surface area contributed by atoms with Crippen molar-refractivity contribution in [2.24, 2.45) is 5.92 Å². The summed E-state index contributed by atoms with van der Waals surface area (Å²) in [6, 6.07) is 2.23. The summed E-state index contributed by atoms with van der Waals surface area (Å²) < 4.78 is 19.1. The first-order valence-corrected chi connectivity index (χ1v) is 6.40. The topological polar surface area (TPSA) is 105 Å². The third-order valence-electron chi connectivity index (χ3n) is 3.18. The van der Waals surface area contributed by atoms with Crippen LogP contribution in [0.2, 0.25) is 0 Å². The zero-order chi connectivity index (χ0) is 15.9. The molecule has 8 heteroatoms. The monoisotopic (exact) mass is 308 g/mol. The van der Waals surface area contributed by atoms with Crippen LogP contribution in [-0.2, 0) is 19.2 Å². The van der Waals surface area contributed by atoms with Crippen molar-refractivity contribution < 1.29 is 38.1 Å². The summed E-state index contributed by atoms with van der Waals surface area (Å²) in [4.78, 5) is 43.3. The number of ether oxygens (including phenoxy) is 4. The normalized spacial score (nSPS) is 13.5. The Kier molecular flexibility index (Phi) is 5.07. The highest BCUT2D eigenvalue weighted by Gasteiger charge is 2.28. The zero-order valence-electron chi connectivity index (χ0n) is 11.4. The average Bonchev–Trinajstić information content (AvgIpc) is 2.42. The summed E-state index contributed by atoms with van der Waals surface area (Å²) in [6.45, 7) is 0.351. The molecule has 116 valence electrons. The third kappa shape index (κ3) is 3.40. The molecule has 0 heterocycles. The van der Waals surface area contributed by atoms with Crippen molar-refractivity contribution in [1.82, 2.24) is 0 Å². The van der Waals surface area contributed by atoms with Gasteiger partial charge in [0.05, 0.1) is 5.92 Å². The Labute approximate surface area is 124 Å². The maximum absolute atomic E-state index is 11.9. The second-order valence-electron chi connectivity index (χ2n) is 4.44. The van der Waals surface area contributed by atoms with Gasteiger partial charge < -0.3 is 18.9 Å². The molecule has 0 amide bonds. The summed E-state index contributed by atoms with van der Waals surface area (Å²) >= 11 is 0. The fraction of sp³-hybridized carbons (Fsp3) is 0.286. The van der Waals surface area contributed by atoms with E-state index < -0.39 is 5.97 Å². The summed E-state index contributed by atoms with van der Waals surface area (Å²) in [7, 11) is 0. The van der Waals surface area contributed by atoms with Crippen LogP contribution in [0.15, 0.2) is 12.1 Å². The molecule has 0 spiro atoms. The molecule has 0 radical (unpaired) electrons. The molecule has 8 nitrogen and oxygen atoms in total. The Balaban J connectivity index is 2.32. The Morgan fingerprint density at radius 2 is 1.32 bits per heavy atom. The zero-order valence-corrected chi connectivity index (χ0v) is 11.4. The van der Waals surface area contributed by atoms with E-state index in [-0.39, 0.29) is 48.3 Å². The number of carbonyl (C=O) groups is 4. The smallest absolute Gasteiger partial charge is 0.314 e. The van der Waals surface area contributed by atoms with E-state index in [1.165, 1.54) is 0 Å². The van der Waals surface area contributed by atoms with E-state index in [2.05, 4.69) is 9.47 Å². The number of rotatable bonds is 8. The van der Waals surface area contributed by atoms with Crippen LogP contribution in [0.3, 0.4) is 0 Å². The van der Waals surface area contributed by atoms with Crippen molar-refractivity contribution in [1.29, 1.82) is 0 Å². The number of benzene rings is 1. The van der Waals surface area contributed by atoms with Crippen LogP contribution in [0, 0.1) is 5.92 Å². The van der Waals surface area contributed by atoms with E-state index in [0.717, 1.165) is 31.4 Å². The van der Waals surface area contributed by atoms with Gasteiger partial charge in [-0.25, -0.2) is 0 Å². The van der Waals surface area contributed by atoms with Gasteiger partial charge in [0.2, 0.25) is 0 Å². The lowest BCUT2D eigenvalue weighted by Gasteiger charge is -2.23. The van der Waals surface area contributed by atoms with Gasteiger partial charge in [0, 0.05) is 12.1 Å². The van der Waals surface area contributed by atoms with Gasteiger partial charge in [-0.05, 0) is 12.8 Å². The Bertz CT molecular complexity index is 591. The molecule has 0 N–H and O–H groups in total. The first-order chi connectivity index (χ1) is 10.7. The summed E-state index contributed by atoms with van der Waals surface area (Å²) in [5.74, 6) is -1.25. The third-order valence-corrected chi connectivity index (χ3v) is 3.18. The molecule has 0 atom stereocenters. The first kappa shape index (κ1) is 15.5. The molecule has 1 aliphatic carbocycles. The van der Waals surface area contributed by atoms with Gasteiger partial charge in [0.1, 0.15) is 0 Å². The van der Waals surface area contributed by atoms with Gasteiger partial charge in [-0.1, -0.05) is 6.42 Å². The fourth-order valence-electron chi connectivity index (χ4n) is 1.87. The van der Waals surface area contributed by atoms with Crippen molar-refractivity contribution in [3.05, 3.63) is 12.1 Å². The predicted molar refractivity (Wildman–Crippen MR) is 69.5 cm³/mol. The van der Waals surface area contributed by atoms with E-state index in [4.69, 9.17) is 9.47 Å². The lowest BCUT2D eigenvalue weighted by atomic mass is 9.86. The summed E-state index contributed by atoms with van der Waals surface area (Å²) in [5, 5.41) is 0. The standard InChI is InChI=1S/C14H12O8/c15-6-19-10-4-12(21-8-17)13(5-11(10)20-7-16)22-14(18)9-2-1-3-9/h4-9H,1-3H2. The number of hydrogen-bond donors (Lipinski definition) is 0. The molecule has 0 unspecified atom stereocenters. The molecule has 1 fully saturated rings. The predicted octanol–water partition coefficient (Wildman–Crippen LogP) is 0.998. The molecule has 22 heavy (non-hydrogen) atoms. The molecule has 0 aromatic heterocycles. The second-order valence-corrected chi connectivity index (χ2v) is 4.44. The van der Waals surface area contributed by atoms with Crippen LogP contribution in [-0.4, -0.2) is 25.4 Å². The van der Waals surface area contributed by atoms with E-state index in [9.17, 15) is 19.2 Å². The Hall–Kier alpha value is -2.90. The minimum Gasteiger partial charge on any atom is -0.425 e. The van der Waals surface area contributed by atoms with Gasteiger partial charge in [0.15, 0.2) is 23.0 Å². The molecule has 1 aliphatic rings. The highest BCUT2D eigenvalue weighted by Crippen LogP contribution is 2.40. The van der Waals surface area contributed by atoms with Crippen LogP contribution >= 0.6 is 0 Å². The highest BCUT2D eigenvalue weighted by atomic mass is 16.6. The Morgan fingerprint density at radius 3 is 1.73 bits per heavy atom. The molecule has 0 aliphatic heterocycles. The Morgan fingerprint density at radius 1 is 0.864 bits per heavy atom. The minimum atomic E-state index is -0.469. The van der Waals surface area contributed by atoms with E-state index >= 15 is 0 Å². The molecule has 1 aromatic carbocycles. The molecule has 0 bridgehead atoms. The van der Waals surface area contributed by atoms with Crippen LogP contribution in [0.25, 0.3) is 0 Å². The molecule has 1 aromatic rings. The van der Waals surface area contributed by atoms with E-state index in [1.54, 1.807) is 0 Å². The maximum atomic E-state index is 11.9. The molecule has 1 saturated carbocycles. The molecular weight excluding hydrogens is 296 g/mol. The highest BCUT2D eigenvalue weighted by molar-refractivity contribution is 5.77. The van der Waals surface area contributed by atoms with Crippen LogP contribution in [0.4, 0.5) is 0 Å². The van der Waals surface area contributed by atoms with Gasteiger partial charge >= 0.3 is 5.97 Å². The van der Waals surface area contributed by atoms with Gasteiger partial charge in [-0.3, -0.25) is 19.2 Å². The molecular formula is C14H12O8. The molecule has 2 rings (SSSR count). The maximum Gasteiger partial charge on any atom is 0.314 e. The van der Waals surface area contributed by atoms with Crippen molar-refractivity contribution in [2.45, 2.75) is 19.3 Å². The summed E-state index contributed by atoms with van der Waals surface area (Å²) in [6.07, 6.45) is 2.41. The lowest BCUT2D eigenvalue weighted by molar-refractivity contribution is -0.142. The van der Waals surface area contributed by atoms with Crippen LogP contribution < -0.4 is 18.9 Å².